The second kappa shape index (κ2) is 3.66. The SMILES string of the molecule is Cc1[c]c(-c2ccc(C(F)(F)F)cc2)n[nH]1. The molecule has 0 saturated heterocycles. The molecule has 1 heterocycles. The van der Waals surface area contributed by atoms with Crippen molar-refractivity contribution in [3.8, 4) is 11.3 Å². The zero-order chi connectivity index (χ0) is 11.8. The predicted octanol–water partition coefficient (Wildman–Crippen LogP) is 3.20. The first-order chi connectivity index (χ1) is 7.47. The molecule has 0 amide bonds. The number of hydrogen-bond acceptors (Lipinski definition) is 1. The van der Waals surface area contributed by atoms with Gasteiger partial charge in [-0.05, 0) is 19.1 Å². The Bertz CT molecular complexity index is 483. The average molecular weight is 225 g/mol. The van der Waals surface area contributed by atoms with E-state index in [0.717, 1.165) is 17.8 Å². The van der Waals surface area contributed by atoms with Gasteiger partial charge in [-0.1, -0.05) is 12.1 Å². The Balaban J connectivity index is 2.33. The smallest absolute Gasteiger partial charge is 0.282 e. The van der Waals surface area contributed by atoms with Gasteiger partial charge in [0.15, 0.2) is 0 Å². The second-order valence-corrected chi connectivity index (χ2v) is 3.40. The molecule has 16 heavy (non-hydrogen) atoms. The molecule has 2 aromatic rings. The third-order valence-corrected chi connectivity index (χ3v) is 2.13. The fourth-order valence-electron chi connectivity index (χ4n) is 1.33. The molecule has 0 bridgehead atoms. The van der Waals surface area contributed by atoms with Gasteiger partial charge in [-0.3, -0.25) is 5.10 Å². The van der Waals surface area contributed by atoms with Crippen molar-refractivity contribution in [2.24, 2.45) is 0 Å². The summed E-state index contributed by atoms with van der Waals surface area (Å²) in [4.78, 5) is 0. The van der Waals surface area contributed by atoms with Crippen LogP contribution in [0.4, 0.5) is 13.2 Å². The quantitative estimate of drug-likeness (QED) is 0.793. The Morgan fingerprint density at radius 1 is 1.19 bits per heavy atom. The molecule has 0 aliphatic rings. The molecular formula is C11H8F3N2. The van der Waals surface area contributed by atoms with Crippen LogP contribution in [0.5, 0.6) is 0 Å². The van der Waals surface area contributed by atoms with Crippen LogP contribution in [-0.4, -0.2) is 10.2 Å². The molecule has 0 aliphatic carbocycles. The number of halogens is 3. The first-order valence-electron chi connectivity index (χ1n) is 4.59. The third-order valence-electron chi connectivity index (χ3n) is 2.13. The Labute approximate surface area is 90.1 Å². The number of nitrogens with one attached hydrogen (secondary N) is 1. The van der Waals surface area contributed by atoms with E-state index in [1.807, 2.05) is 0 Å². The average Bonchev–Trinajstić information content (AvgIpc) is 2.64. The van der Waals surface area contributed by atoms with Crippen LogP contribution in [0.3, 0.4) is 0 Å². The van der Waals surface area contributed by atoms with E-state index in [1.165, 1.54) is 12.1 Å². The third kappa shape index (κ3) is 2.08. The minimum absolute atomic E-state index is 0.520. The van der Waals surface area contributed by atoms with Gasteiger partial charge in [-0.2, -0.15) is 18.3 Å². The lowest BCUT2D eigenvalue weighted by molar-refractivity contribution is -0.137. The van der Waals surface area contributed by atoms with Crippen molar-refractivity contribution in [3.63, 3.8) is 0 Å². The van der Waals surface area contributed by atoms with Crippen LogP contribution in [0.15, 0.2) is 24.3 Å². The van der Waals surface area contributed by atoms with Crippen molar-refractivity contribution in [3.05, 3.63) is 41.6 Å². The highest BCUT2D eigenvalue weighted by molar-refractivity contribution is 5.58. The van der Waals surface area contributed by atoms with Gasteiger partial charge in [0, 0.05) is 17.3 Å². The van der Waals surface area contributed by atoms with E-state index < -0.39 is 11.7 Å². The van der Waals surface area contributed by atoms with Crippen molar-refractivity contribution in [2.75, 3.05) is 0 Å². The van der Waals surface area contributed by atoms with E-state index in [2.05, 4.69) is 16.3 Å². The van der Waals surface area contributed by atoms with E-state index in [9.17, 15) is 13.2 Å². The van der Waals surface area contributed by atoms with Gasteiger partial charge in [-0.15, -0.1) is 0 Å². The van der Waals surface area contributed by atoms with Crippen LogP contribution in [0, 0.1) is 13.0 Å². The number of benzene rings is 1. The zero-order valence-electron chi connectivity index (χ0n) is 8.39. The lowest BCUT2D eigenvalue weighted by Crippen LogP contribution is -2.03. The van der Waals surface area contributed by atoms with Gasteiger partial charge in [0.25, 0.3) is 0 Å². The molecular weight excluding hydrogens is 217 g/mol. The molecule has 0 spiro atoms. The fourth-order valence-corrected chi connectivity index (χ4v) is 1.33. The van der Waals surface area contributed by atoms with E-state index >= 15 is 0 Å². The van der Waals surface area contributed by atoms with Gasteiger partial charge in [0.2, 0.25) is 0 Å². The number of alkyl halides is 3. The van der Waals surface area contributed by atoms with Crippen molar-refractivity contribution >= 4 is 0 Å². The lowest BCUT2D eigenvalue weighted by Gasteiger charge is -2.06. The summed E-state index contributed by atoms with van der Waals surface area (Å²) in [6, 6.07) is 7.74. The van der Waals surface area contributed by atoms with Crippen LogP contribution >= 0.6 is 0 Å². The van der Waals surface area contributed by atoms with E-state index in [-0.39, 0.29) is 0 Å². The molecule has 1 N–H and O–H groups in total. The molecule has 1 radical (unpaired) electrons. The zero-order valence-corrected chi connectivity index (χ0v) is 8.39. The first-order valence-corrected chi connectivity index (χ1v) is 4.59. The van der Waals surface area contributed by atoms with Crippen LogP contribution in [0.25, 0.3) is 11.3 Å². The van der Waals surface area contributed by atoms with Crippen LogP contribution in [0.2, 0.25) is 0 Å². The Morgan fingerprint density at radius 2 is 1.81 bits per heavy atom. The summed E-state index contributed by atoms with van der Waals surface area (Å²) < 4.78 is 36.9. The van der Waals surface area contributed by atoms with Gasteiger partial charge < -0.3 is 0 Å². The maximum Gasteiger partial charge on any atom is 0.416 e. The summed E-state index contributed by atoms with van der Waals surface area (Å²) >= 11 is 0. The number of aromatic amines is 1. The Morgan fingerprint density at radius 3 is 2.25 bits per heavy atom. The molecule has 5 heteroatoms. The fraction of sp³-hybridized carbons (Fsp3) is 0.182. The summed E-state index contributed by atoms with van der Waals surface area (Å²) in [7, 11) is 0. The number of H-pyrrole nitrogens is 1. The largest absolute Gasteiger partial charge is 0.416 e. The van der Waals surface area contributed by atoms with E-state index in [1.54, 1.807) is 6.92 Å². The Hall–Kier alpha value is -1.78. The van der Waals surface area contributed by atoms with Gasteiger partial charge in [0.1, 0.15) is 5.69 Å². The normalized spacial score (nSPS) is 11.8. The summed E-state index contributed by atoms with van der Waals surface area (Å²) in [5, 5.41) is 6.60. The number of rotatable bonds is 1. The first kappa shape index (κ1) is 10.7. The molecule has 0 saturated carbocycles. The minimum atomic E-state index is -4.30. The summed E-state index contributed by atoms with van der Waals surface area (Å²) in [5.74, 6) is 0. The summed E-state index contributed by atoms with van der Waals surface area (Å²) in [6.45, 7) is 1.78. The highest BCUT2D eigenvalue weighted by atomic mass is 19.4. The van der Waals surface area contributed by atoms with Crippen molar-refractivity contribution in [1.29, 1.82) is 0 Å². The van der Waals surface area contributed by atoms with Crippen molar-refractivity contribution < 1.29 is 13.2 Å². The predicted molar refractivity (Wildman–Crippen MR) is 52.6 cm³/mol. The van der Waals surface area contributed by atoms with Gasteiger partial charge in [-0.25, -0.2) is 0 Å². The molecule has 1 aromatic heterocycles. The van der Waals surface area contributed by atoms with E-state index in [0.29, 0.717) is 11.3 Å². The summed E-state index contributed by atoms with van der Waals surface area (Å²) in [5.41, 5.74) is 1.21. The molecule has 0 atom stereocenters. The standard InChI is InChI=1S/C11H8F3N2/c1-7-6-10(16-15-7)8-2-4-9(5-3-8)11(12,13)14/h2-5H,1H3,(H,15,16). The number of hydrogen-bond donors (Lipinski definition) is 1. The number of aryl methyl sites for hydroxylation is 1. The molecule has 0 unspecified atom stereocenters. The molecule has 2 nitrogen and oxygen atoms in total. The molecule has 83 valence electrons. The van der Waals surface area contributed by atoms with Crippen LogP contribution in [0.1, 0.15) is 11.3 Å². The maximum atomic E-state index is 12.3. The summed E-state index contributed by atoms with van der Waals surface area (Å²) in [6.07, 6.45) is -4.30. The van der Waals surface area contributed by atoms with Crippen LogP contribution in [-0.2, 0) is 6.18 Å². The highest BCUT2D eigenvalue weighted by Gasteiger charge is 2.29. The lowest BCUT2D eigenvalue weighted by atomic mass is 10.1. The van der Waals surface area contributed by atoms with Crippen molar-refractivity contribution in [1.82, 2.24) is 10.2 Å². The van der Waals surface area contributed by atoms with Gasteiger partial charge in [0.05, 0.1) is 5.56 Å². The number of aromatic nitrogens is 2. The molecule has 1 aromatic carbocycles. The second-order valence-electron chi connectivity index (χ2n) is 3.40. The van der Waals surface area contributed by atoms with Gasteiger partial charge >= 0.3 is 6.18 Å². The van der Waals surface area contributed by atoms with Crippen LogP contribution < -0.4 is 0 Å². The number of nitrogens with zero attached hydrogens (tertiary/aromatic N) is 1. The topological polar surface area (TPSA) is 28.7 Å². The molecule has 0 aliphatic heterocycles. The minimum Gasteiger partial charge on any atom is -0.282 e. The monoisotopic (exact) mass is 225 g/mol. The van der Waals surface area contributed by atoms with Crippen molar-refractivity contribution in [2.45, 2.75) is 13.1 Å². The Kier molecular flexibility index (Phi) is 2.46. The van der Waals surface area contributed by atoms with E-state index in [4.69, 9.17) is 0 Å². The highest BCUT2D eigenvalue weighted by Crippen LogP contribution is 2.30. The molecule has 0 fully saturated rings. The maximum absolute atomic E-state index is 12.3. The molecule has 2 rings (SSSR count).